The summed E-state index contributed by atoms with van der Waals surface area (Å²) in [4.78, 5) is 2.50. The molecule has 1 rings (SSSR count). The molecule has 11 heavy (non-hydrogen) atoms. The summed E-state index contributed by atoms with van der Waals surface area (Å²) in [5, 5.41) is 3.56. The lowest BCUT2D eigenvalue weighted by molar-refractivity contribution is 0.341. The molecule has 0 radical (unpaired) electrons. The molecule has 0 saturated carbocycles. The highest BCUT2D eigenvalue weighted by Crippen LogP contribution is 2.08. The Kier molecular flexibility index (Phi) is 3.34. The van der Waals surface area contributed by atoms with Gasteiger partial charge in [0.1, 0.15) is 0 Å². The molecular formula is C9H20N2. The average molecular weight is 156 g/mol. The Bertz CT molecular complexity index is 112. The van der Waals surface area contributed by atoms with Gasteiger partial charge in [-0.15, -0.1) is 0 Å². The number of hydrogen-bond acceptors (Lipinski definition) is 2. The fraction of sp³-hybridized carbons (Fsp3) is 1.00. The second kappa shape index (κ2) is 4.07. The van der Waals surface area contributed by atoms with E-state index in [-0.39, 0.29) is 0 Å². The average Bonchev–Trinajstić information content (AvgIpc) is 2.34. The van der Waals surface area contributed by atoms with Crippen LogP contribution in [-0.4, -0.2) is 36.6 Å². The van der Waals surface area contributed by atoms with E-state index in [0.29, 0.717) is 6.04 Å². The molecule has 1 heterocycles. The van der Waals surface area contributed by atoms with Gasteiger partial charge in [-0.3, -0.25) is 0 Å². The summed E-state index contributed by atoms with van der Waals surface area (Å²) < 4.78 is 0. The van der Waals surface area contributed by atoms with E-state index in [1.54, 1.807) is 0 Å². The molecule has 0 aromatic heterocycles. The van der Waals surface area contributed by atoms with Crippen molar-refractivity contribution in [2.75, 3.05) is 19.6 Å². The van der Waals surface area contributed by atoms with Crippen molar-refractivity contribution in [3.63, 3.8) is 0 Å². The Hall–Kier alpha value is -0.0800. The van der Waals surface area contributed by atoms with E-state index in [0.717, 1.165) is 6.04 Å². The van der Waals surface area contributed by atoms with Gasteiger partial charge in [0.2, 0.25) is 0 Å². The van der Waals surface area contributed by atoms with Crippen LogP contribution in [0.1, 0.15) is 27.2 Å². The van der Waals surface area contributed by atoms with Crippen molar-refractivity contribution in [3.8, 4) is 0 Å². The molecule has 2 heteroatoms. The normalized spacial score (nSPS) is 26.7. The van der Waals surface area contributed by atoms with E-state index >= 15 is 0 Å². The molecule has 0 aromatic carbocycles. The van der Waals surface area contributed by atoms with Crippen molar-refractivity contribution in [2.24, 2.45) is 0 Å². The monoisotopic (exact) mass is 156 g/mol. The van der Waals surface area contributed by atoms with Gasteiger partial charge >= 0.3 is 0 Å². The molecule has 0 unspecified atom stereocenters. The van der Waals surface area contributed by atoms with E-state index in [4.69, 9.17) is 0 Å². The van der Waals surface area contributed by atoms with Crippen LogP contribution in [0.15, 0.2) is 0 Å². The van der Waals surface area contributed by atoms with Crippen LogP contribution >= 0.6 is 0 Å². The third-order valence-electron chi connectivity index (χ3n) is 2.29. The number of rotatable bonds is 3. The lowest BCUT2D eigenvalue weighted by Crippen LogP contribution is -2.36. The zero-order valence-corrected chi connectivity index (χ0v) is 7.93. The van der Waals surface area contributed by atoms with Gasteiger partial charge in [0.05, 0.1) is 0 Å². The fourth-order valence-electron chi connectivity index (χ4n) is 1.73. The second-order valence-corrected chi connectivity index (χ2v) is 3.70. The van der Waals surface area contributed by atoms with Crippen LogP contribution < -0.4 is 5.32 Å². The summed E-state index contributed by atoms with van der Waals surface area (Å²) in [5.41, 5.74) is 0. The molecule has 2 nitrogen and oxygen atoms in total. The Labute approximate surface area is 70.0 Å². The molecule has 1 N–H and O–H groups in total. The van der Waals surface area contributed by atoms with Gasteiger partial charge < -0.3 is 10.2 Å². The minimum absolute atomic E-state index is 0.636. The third kappa shape index (κ3) is 2.80. The molecule has 0 bridgehead atoms. The van der Waals surface area contributed by atoms with Crippen LogP contribution in [0.25, 0.3) is 0 Å². The molecule has 0 aliphatic carbocycles. The maximum Gasteiger partial charge on any atom is 0.0209 e. The number of likely N-dealkylation sites (N-methyl/N-ethyl adjacent to an activating group) is 1. The summed E-state index contributed by atoms with van der Waals surface area (Å²) in [6, 6.07) is 1.38. The van der Waals surface area contributed by atoms with Crippen molar-refractivity contribution in [2.45, 2.75) is 39.3 Å². The van der Waals surface area contributed by atoms with Crippen LogP contribution in [0, 0.1) is 0 Å². The molecule has 1 aliphatic heterocycles. The van der Waals surface area contributed by atoms with Gasteiger partial charge in [-0.1, -0.05) is 20.8 Å². The van der Waals surface area contributed by atoms with E-state index in [1.165, 1.54) is 26.1 Å². The van der Waals surface area contributed by atoms with Crippen molar-refractivity contribution in [1.82, 2.24) is 10.2 Å². The van der Waals surface area contributed by atoms with Gasteiger partial charge in [-0.2, -0.15) is 0 Å². The van der Waals surface area contributed by atoms with Gasteiger partial charge in [0.15, 0.2) is 0 Å². The predicted molar refractivity (Wildman–Crippen MR) is 48.8 cm³/mol. The summed E-state index contributed by atoms with van der Waals surface area (Å²) in [5.74, 6) is 0. The lowest BCUT2D eigenvalue weighted by atomic mass is 10.2. The highest BCUT2D eigenvalue weighted by Gasteiger charge is 2.20. The quantitative estimate of drug-likeness (QED) is 0.658. The van der Waals surface area contributed by atoms with Gasteiger partial charge in [0.25, 0.3) is 0 Å². The van der Waals surface area contributed by atoms with E-state index < -0.39 is 0 Å². The van der Waals surface area contributed by atoms with Crippen LogP contribution in [0.2, 0.25) is 0 Å². The zero-order valence-electron chi connectivity index (χ0n) is 7.93. The van der Waals surface area contributed by atoms with Gasteiger partial charge in [0, 0.05) is 18.6 Å². The maximum absolute atomic E-state index is 3.56. The second-order valence-electron chi connectivity index (χ2n) is 3.70. The topological polar surface area (TPSA) is 15.3 Å². The first kappa shape index (κ1) is 9.01. The largest absolute Gasteiger partial charge is 0.310 e. The number of likely N-dealkylation sites (tertiary alicyclic amines) is 1. The number of hydrogen-bond donors (Lipinski definition) is 1. The van der Waals surface area contributed by atoms with Gasteiger partial charge in [-0.25, -0.2) is 0 Å². The maximum atomic E-state index is 3.56. The first-order chi connectivity index (χ1) is 5.22. The van der Waals surface area contributed by atoms with Crippen LogP contribution in [-0.2, 0) is 0 Å². The zero-order chi connectivity index (χ0) is 8.27. The summed E-state index contributed by atoms with van der Waals surface area (Å²) in [7, 11) is 0. The molecule has 0 aromatic rings. The Morgan fingerprint density at radius 1 is 1.55 bits per heavy atom. The van der Waals surface area contributed by atoms with Crippen molar-refractivity contribution in [3.05, 3.63) is 0 Å². The minimum atomic E-state index is 0.636. The lowest BCUT2D eigenvalue weighted by Gasteiger charge is -2.16. The van der Waals surface area contributed by atoms with Crippen molar-refractivity contribution >= 4 is 0 Å². The first-order valence-corrected chi connectivity index (χ1v) is 4.70. The summed E-state index contributed by atoms with van der Waals surface area (Å²) >= 11 is 0. The number of nitrogens with zero attached hydrogens (tertiary/aromatic N) is 1. The minimum Gasteiger partial charge on any atom is -0.310 e. The highest BCUT2D eigenvalue weighted by atomic mass is 15.2. The van der Waals surface area contributed by atoms with Crippen LogP contribution in [0.3, 0.4) is 0 Å². The Morgan fingerprint density at radius 3 is 2.73 bits per heavy atom. The molecule has 66 valence electrons. The van der Waals surface area contributed by atoms with Crippen molar-refractivity contribution in [1.29, 1.82) is 0 Å². The third-order valence-corrected chi connectivity index (χ3v) is 2.29. The van der Waals surface area contributed by atoms with E-state index in [2.05, 4.69) is 31.0 Å². The van der Waals surface area contributed by atoms with Crippen LogP contribution in [0.5, 0.6) is 0 Å². The summed E-state index contributed by atoms with van der Waals surface area (Å²) in [6.45, 7) is 10.4. The highest BCUT2D eigenvalue weighted by molar-refractivity contribution is 4.81. The predicted octanol–water partition coefficient (Wildman–Crippen LogP) is 1.08. The van der Waals surface area contributed by atoms with Crippen LogP contribution in [0.4, 0.5) is 0 Å². The Balaban J connectivity index is 2.19. The van der Waals surface area contributed by atoms with Gasteiger partial charge in [-0.05, 0) is 19.5 Å². The first-order valence-electron chi connectivity index (χ1n) is 4.70. The number of nitrogens with one attached hydrogen (secondary N) is 1. The van der Waals surface area contributed by atoms with E-state index in [9.17, 15) is 0 Å². The summed E-state index contributed by atoms with van der Waals surface area (Å²) in [6.07, 6.45) is 1.33. The Morgan fingerprint density at radius 2 is 2.27 bits per heavy atom. The van der Waals surface area contributed by atoms with E-state index in [1.807, 2.05) is 0 Å². The molecule has 1 saturated heterocycles. The SMILES string of the molecule is CCN1CC[C@@H](NC(C)C)C1. The molecule has 1 atom stereocenters. The molecule has 1 aliphatic rings. The van der Waals surface area contributed by atoms with Crippen molar-refractivity contribution < 1.29 is 0 Å². The molecule has 1 fully saturated rings. The molecule has 0 spiro atoms. The molecular weight excluding hydrogens is 136 g/mol. The molecule has 0 amide bonds. The standard InChI is InChI=1S/C9H20N2/c1-4-11-6-5-9(7-11)10-8(2)3/h8-10H,4-7H2,1-3H3/t9-/m1/s1. The fourth-order valence-corrected chi connectivity index (χ4v) is 1.73. The smallest absolute Gasteiger partial charge is 0.0209 e.